The molecule has 0 aromatic heterocycles. The average molecular weight is 477 g/mol. The van der Waals surface area contributed by atoms with Gasteiger partial charge in [-0.1, -0.05) is 28.1 Å². The van der Waals surface area contributed by atoms with Crippen molar-refractivity contribution >= 4 is 27.7 Å². The maximum Gasteiger partial charge on any atom is 0.261 e. The molecule has 0 aliphatic rings. The van der Waals surface area contributed by atoms with Crippen LogP contribution in [0.25, 0.3) is 0 Å². The number of carbonyl (C=O) groups is 2. The van der Waals surface area contributed by atoms with Crippen molar-refractivity contribution in [3.8, 4) is 11.5 Å². The lowest BCUT2D eigenvalue weighted by Gasteiger charge is -2.31. The van der Waals surface area contributed by atoms with Crippen LogP contribution in [0.15, 0.2) is 53.0 Å². The van der Waals surface area contributed by atoms with Gasteiger partial charge in [-0.3, -0.25) is 9.59 Å². The second-order valence-corrected chi connectivity index (χ2v) is 8.95. The summed E-state index contributed by atoms with van der Waals surface area (Å²) in [7, 11) is 1.59. The second-order valence-electron chi connectivity index (χ2n) is 8.03. The Morgan fingerprint density at radius 1 is 1.10 bits per heavy atom. The number of rotatable bonds is 8. The van der Waals surface area contributed by atoms with Gasteiger partial charge >= 0.3 is 0 Å². The van der Waals surface area contributed by atoms with Gasteiger partial charge in [0.15, 0.2) is 6.61 Å². The van der Waals surface area contributed by atoms with E-state index in [9.17, 15) is 9.59 Å². The lowest BCUT2D eigenvalue weighted by molar-refractivity contribution is -0.142. The van der Waals surface area contributed by atoms with E-state index in [0.29, 0.717) is 18.0 Å². The SMILES string of the molecule is COc1ccc(OCC(=O)N(Cc2cccc(Br)c2)[C@@H](C)C(=O)NC(C)(C)C)cc1. The first-order valence-electron chi connectivity index (χ1n) is 9.72. The van der Waals surface area contributed by atoms with E-state index >= 15 is 0 Å². The van der Waals surface area contributed by atoms with Gasteiger partial charge in [0.1, 0.15) is 17.5 Å². The molecule has 30 heavy (non-hydrogen) atoms. The zero-order valence-corrected chi connectivity index (χ0v) is 19.7. The van der Waals surface area contributed by atoms with Crippen molar-refractivity contribution in [2.24, 2.45) is 0 Å². The summed E-state index contributed by atoms with van der Waals surface area (Å²) in [5, 5.41) is 2.94. The Labute approximate surface area is 186 Å². The Hall–Kier alpha value is -2.54. The molecule has 2 amide bonds. The number of hydrogen-bond donors (Lipinski definition) is 1. The molecule has 0 aliphatic carbocycles. The number of methoxy groups -OCH3 is 1. The van der Waals surface area contributed by atoms with E-state index in [-0.39, 0.29) is 18.4 Å². The number of hydrogen-bond acceptors (Lipinski definition) is 4. The lowest BCUT2D eigenvalue weighted by atomic mass is 10.1. The van der Waals surface area contributed by atoms with E-state index in [1.807, 2.05) is 45.0 Å². The van der Waals surface area contributed by atoms with E-state index in [2.05, 4.69) is 21.2 Å². The molecule has 0 radical (unpaired) electrons. The Balaban J connectivity index is 2.15. The molecule has 6 nitrogen and oxygen atoms in total. The number of benzene rings is 2. The third-order valence-electron chi connectivity index (χ3n) is 4.33. The number of halogens is 1. The third kappa shape index (κ3) is 7.37. The van der Waals surface area contributed by atoms with Crippen LogP contribution >= 0.6 is 15.9 Å². The molecule has 7 heteroatoms. The maximum absolute atomic E-state index is 13.0. The van der Waals surface area contributed by atoms with E-state index in [1.165, 1.54) is 4.90 Å². The molecule has 0 spiro atoms. The van der Waals surface area contributed by atoms with Gasteiger partial charge in [0.05, 0.1) is 7.11 Å². The predicted octanol–water partition coefficient (Wildman–Crippen LogP) is 4.17. The molecule has 2 aromatic rings. The van der Waals surface area contributed by atoms with Crippen molar-refractivity contribution in [2.75, 3.05) is 13.7 Å². The van der Waals surface area contributed by atoms with Crippen molar-refractivity contribution in [1.82, 2.24) is 10.2 Å². The zero-order valence-electron chi connectivity index (χ0n) is 18.1. The first-order valence-corrected chi connectivity index (χ1v) is 10.5. The number of amides is 2. The molecular weight excluding hydrogens is 448 g/mol. The Morgan fingerprint density at radius 2 is 1.73 bits per heavy atom. The summed E-state index contributed by atoms with van der Waals surface area (Å²) in [5.74, 6) is 0.772. The summed E-state index contributed by atoms with van der Waals surface area (Å²) in [6.45, 7) is 7.57. The molecule has 162 valence electrons. The summed E-state index contributed by atoms with van der Waals surface area (Å²) in [5.41, 5.74) is 0.521. The van der Waals surface area contributed by atoms with Gasteiger partial charge in [0.2, 0.25) is 5.91 Å². The summed E-state index contributed by atoms with van der Waals surface area (Å²) >= 11 is 3.45. The summed E-state index contributed by atoms with van der Waals surface area (Å²) < 4.78 is 11.7. The van der Waals surface area contributed by atoms with Crippen molar-refractivity contribution in [1.29, 1.82) is 0 Å². The van der Waals surface area contributed by atoms with Crippen LogP contribution < -0.4 is 14.8 Å². The largest absolute Gasteiger partial charge is 0.497 e. The summed E-state index contributed by atoms with van der Waals surface area (Å²) in [6.07, 6.45) is 0. The number of ether oxygens (including phenoxy) is 2. The summed E-state index contributed by atoms with van der Waals surface area (Å²) in [6, 6.07) is 14.0. The monoisotopic (exact) mass is 476 g/mol. The van der Waals surface area contributed by atoms with Gasteiger partial charge in [0.25, 0.3) is 5.91 Å². The molecule has 0 heterocycles. The normalized spacial score (nSPS) is 12.1. The van der Waals surface area contributed by atoms with Crippen molar-refractivity contribution < 1.29 is 19.1 Å². The van der Waals surface area contributed by atoms with E-state index in [0.717, 1.165) is 10.0 Å². The first kappa shape index (κ1) is 23.7. The van der Waals surface area contributed by atoms with Crippen LogP contribution in [-0.2, 0) is 16.1 Å². The van der Waals surface area contributed by atoms with Gasteiger partial charge in [-0.25, -0.2) is 0 Å². The molecular formula is C23H29BrN2O4. The number of nitrogens with zero attached hydrogens (tertiary/aromatic N) is 1. The van der Waals surface area contributed by atoms with E-state index in [4.69, 9.17) is 9.47 Å². The highest BCUT2D eigenvalue weighted by Gasteiger charge is 2.28. The molecule has 1 atom stereocenters. The average Bonchev–Trinajstić information content (AvgIpc) is 2.69. The fourth-order valence-corrected chi connectivity index (χ4v) is 3.24. The highest BCUT2D eigenvalue weighted by Crippen LogP contribution is 2.19. The molecule has 2 aromatic carbocycles. The van der Waals surface area contributed by atoms with Gasteiger partial charge in [-0.05, 0) is 69.7 Å². The number of carbonyl (C=O) groups excluding carboxylic acids is 2. The van der Waals surface area contributed by atoms with Crippen LogP contribution in [0.2, 0.25) is 0 Å². The van der Waals surface area contributed by atoms with Gasteiger partial charge in [-0.15, -0.1) is 0 Å². The minimum Gasteiger partial charge on any atom is -0.497 e. The smallest absolute Gasteiger partial charge is 0.261 e. The molecule has 0 saturated heterocycles. The maximum atomic E-state index is 13.0. The van der Waals surface area contributed by atoms with Crippen molar-refractivity contribution in [3.05, 3.63) is 58.6 Å². The minimum atomic E-state index is -0.657. The molecule has 0 saturated carbocycles. The van der Waals surface area contributed by atoms with Gasteiger partial charge < -0.3 is 19.7 Å². The molecule has 0 bridgehead atoms. The van der Waals surface area contributed by atoms with E-state index < -0.39 is 11.6 Å². The van der Waals surface area contributed by atoms with Crippen molar-refractivity contribution in [3.63, 3.8) is 0 Å². The first-order chi connectivity index (χ1) is 14.1. The quantitative estimate of drug-likeness (QED) is 0.620. The molecule has 0 aliphatic heterocycles. The minimum absolute atomic E-state index is 0.173. The highest BCUT2D eigenvalue weighted by atomic mass is 79.9. The topological polar surface area (TPSA) is 67.9 Å². The number of nitrogens with one attached hydrogen (secondary N) is 1. The lowest BCUT2D eigenvalue weighted by Crippen LogP contribution is -2.53. The molecule has 0 fully saturated rings. The molecule has 2 rings (SSSR count). The highest BCUT2D eigenvalue weighted by molar-refractivity contribution is 9.10. The molecule has 0 unspecified atom stereocenters. The van der Waals surface area contributed by atoms with Gasteiger partial charge in [0, 0.05) is 16.6 Å². The van der Waals surface area contributed by atoms with Crippen LogP contribution in [0.3, 0.4) is 0 Å². The van der Waals surface area contributed by atoms with E-state index in [1.54, 1.807) is 38.3 Å². The Kier molecular flexibility index (Phi) is 8.29. The standard InChI is InChI=1S/C23H29BrN2O4/c1-16(22(28)25-23(2,3)4)26(14-17-7-6-8-18(24)13-17)21(27)15-30-20-11-9-19(29-5)10-12-20/h6-13,16H,14-15H2,1-5H3,(H,25,28)/t16-/m0/s1. The fourth-order valence-electron chi connectivity index (χ4n) is 2.79. The third-order valence-corrected chi connectivity index (χ3v) is 4.82. The summed E-state index contributed by atoms with van der Waals surface area (Å²) in [4.78, 5) is 27.3. The molecule has 1 N–H and O–H groups in total. The predicted molar refractivity (Wildman–Crippen MR) is 121 cm³/mol. The zero-order chi connectivity index (χ0) is 22.3. The Morgan fingerprint density at radius 3 is 2.30 bits per heavy atom. The van der Waals surface area contributed by atoms with Gasteiger partial charge in [-0.2, -0.15) is 0 Å². The van der Waals surface area contributed by atoms with Crippen LogP contribution in [0.1, 0.15) is 33.3 Å². The Bertz CT molecular complexity index is 862. The fraction of sp³-hybridized carbons (Fsp3) is 0.391. The second kappa shape index (κ2) is 10.5. The van der Waals surface area contributed by atoms with Crippen LogP contribution in [0.4, 0.5) is 0 Å². The van der Waals surface area contributed by atoms with Crippen LogP contribution in [0, 0.1) is 0 Å². The van der Waals surface area contributed by atoms with Crippen molar-refractivity contribution in [2.45, 2.75) is 45.8 Å². The van der Waals surface area contributed by atoms with Crippen LogP contribution in [0.5, 0.6) is 11.5 Å². The van der Waals surface area contributed by atoms with Crippen LogP contribution in [-0.4, -0.2) is 42.0 Å².